The molecule has 0 radical (unpaired) electrons. The third-order valence-corrected chi connectivity index (χ3v) is 4.95. The van der Waals surface area contributed by atoms with Gasteiger partial charge in [0.05, 0.1) is 11.1 Å². The van der Waals surface area contributed by atoms with Crippen molar-refractivity contribution < 1.29 is 32.2 Å². The van der Waals surface area contributed by atoms with Crippen LogP contribution in [0.15, 0.2) is 48.7 Å². The molecular formula is C21H17F4N3O3. The molecule has 4 rings (SSSR count). The Hall–Kier alpha value is -3.27. The van der Waals surface area contributed by atoms with Gasteiger partial charge in [0.25, 0.3) is 5.91 Å². The van der Waals surface area contributed by atoms with Gasteiger partial charge in [0.1, 0.15) is 23.7 Å². The highest BCUT2D eigenvalue weighted by atomic mass is 19.4. The van der Waals surface area contributed by atoms with Crippen molar-refractivity contribution in [3.05, 3.63) is 59.9 Å². The number of β-amino-alcohol motifs (C(OH)–C–C–N with tert-alkyl or cyclic N) is 1. The van der Waals surface area contributed by atoms with E-state index in [9.17, 15) is 27.5 Å². The van der Waals surface area contributed by atoms with Crippen LogP contribution in [-0.4, -0.2) is 51.2 Å². The van der Waals surface area contributed by atoms with Crippen molar-refractivity contribution in [2.24, 2.45) is 0 Å². The molecule has 2 atom stereocenters. The molecule has 10 heteroatoms. The lowest BCUT2D eigenvalue weighted by atomic mass is 10.1. The second-order valence-electron chi connectivity index (χ2n) is 7.16. The van der Waals surface area contributed by atoms with E-state index in [1.165, 1.54) is 11.0 Å². The third kappa shape index (κ3) is 4.58. The van der Waals surface area contributed by atoms with Crippen LogP contribution in [0.4, 0.5) is 17.6 Å². The number of pyridine rings is 2. The fraction of sp³-hybridized carbons (Fsp3) is 0.286. The minimum Gasteiger partial charge on any atom is -0.439 e. The molecule has 0 unspecified atom stereocenters. The number of alkyl halides is 4. The van der Waals surface area contributed by atoms with Gasteiger partial charge in [-0.05, 0) is 36.8 Å². The molecule has 162 valence electrons. The highest BCUT2D eigenvalue weighted by Crippen LogP contribution is 2.30. The van der Waals surface area contributed by atoms with Crippen LogP contribution in [0, 0.1) is 0 Å². The smallest absolute Gasteiger partial charge is 0.417 e. The number of rotatable bonds is 3. The minimum absolute atomic E-state index is 0.00179. The standard InChI is InChI=1S/C21H17F4N3O3/c22-15-7-8-28(11-18(15)29)20(30)17-4-1-12-9-14(3-5-16(12)27-17)31-19-6-2-13(10-26-19)21(23,24)25/h1-6,9-10,15,18,29H,7-8,11H2/t15-,18+/m1/s1. The summed E-state index contributed by atoms with van der Waals surface area (Å²) >= 11 is 0. The molecule has 1 fully saturated rings. The van der Waals surface area contributed by atoms with Crippen molar-refractivity contribution in [2.45, 2.75) is 24.9 Å². The fourth-order valence-electron chi connectivity index (χ4n) is 3.26. The number of carbonyl (C=O) groups excluding carboxylic acids is 1. The molecule has 0 bridgehead atoms. The Morgan fingerprint density at radius 3 is 2.65 bits per heavy atom. The highest BCUT2D eigenvalue weighted by molar-refractivity contribution is 5.95. The summed E-state index contributed by atoms with van der Waals surface area (Å²) in [5.41, 5.74) is -0.211. The van der Waals surface area contributed by atoms with E-state index in [1.54, 1.807) is 24.3 Å². The molecule has 3 heterocycles. The van der Waals surface area contributed by atoms with Crippen molar-refractivity contribution in [1.29, 1.82) is 0 Å². The maximum atomic E-state index is 13.4. The Morgan fingerprint density at radius 1 is 1.16 bits per heavy atom. The molecule has 2 aromatic heterocycles. The van der Waals surface area contributed by atoms with E-state index in [-0.39, 0.29) is 31.1 Å². The van der Waals surface area contributed by atoms with Crippen LogP contribution < -0.4 is 4.74 Å². The van der Waals surface area contributed by atoms with Crippen LogP contribution in [0.3, 0.4) is 0 Å². The van der Waals surface area contributed by atoms with E-state index in [4.69, 9.17) is 4.74 Å². The van der Waals surface area contributed by atoms with Gasteiger partial charge in [0, 0.05) is 30.7 Å². The normalized spacial score (nSPS) is 19.5. The van der Waals surface area contributed by atoms with Crippen LogP contribution >= 0.6 is 0 Å². The van der Waals surface area contributed by atoms with Crippen LogP contribution in [0.5, 0.6) is 11.6 Å². The van der Waals surface area contributed by atoms with Crippen LogP contribution in [0.2, 0.25) is 0 Å². The lowest BCUT2D eigenvalue weighted by Gasteiger charge is -2.32. The van der Waals surface area contributed by atoms with Gasteiger partial charge in [-0.2, -0.15) is 13.2 Å². The summed E-state index contributed by atoms with van der Waals surface area (Å²) in [4.78, 5) is 22.0. The zero-order valence-electron chi connectivity index (χ0n) is 16.0. The van der Waals surface area contributed by atoms with Gasteiger partial charge < -0.3 is 14.7 Å². The van der Waals surface area contributed by atoms with E-state index < -0.39 is 29.9 Å². The number of carbonyl (C=O) groups is 1. The number of aromatic nitrogens is 2. The Kier molecular flexibility index (Phi) is 5.48. The molecule has 1 N–H and O–H groups in total. The number of piperidine rings is 1. The molecular weight excluding hydrogens is 418 g/mol. The SMILES string of the molecule is O=C(c1ccc2cc(Oc3ccc(C(F)(F)F)cn3)ccc2n1)N1CC[C@@H](F)[C@@H](O)C1. The Labute approximate surface area is 174 Å². The van der Waals surface area contributed by atoms with E-state index in [0.29, 0.717) is 22.8 Å². The maximum absolute atomic E-state index is 13.4. The number of aliphatic hydroxyl groups excluding tert-OH is 1. The van der Waals surface area contributed by atoms with E-state index in [2.05, 4.69) is 9.97 Å². The predicted molar refractivity (Wildman–Crippen MR) is 102 cm³/mol. The summed E-state index contributed by atoms with van der Waals surface area (Å²) in [5, 5.41) is 10.3. The number of hydrogen-bond acceptors (Lipinski definition) is 5. The monoisotopic (exact) mass is 435 g/mol. The van der Waals surface area contributed by atoms with Crippen LogP contribution in [0.1, 0.15) is 22.5 Å². The fourth-order valence-corrected chi connectivity index (χ4v) is 3.26. The third-order valence-electron chi connectivity index (χ3n) is 4.95. The number of fused-ring (bicyclic) bond motifs is 1. The first-order valence-corrected chi connectivity index (χ1v) is 9.44. The Morgan fingerprint density at radius 2 is 1.97 bits per heavy atom. The number of nitrogens with zero attached hydrogens (tertiary/aromatic N) is 3. The first-order valence-electron chi connectivity index (χ1n) is 9.44. The van der Waals surface area contributed by atoms with Crippen LogP contribution in [0.25, 0.3) is 10.9 Å². The van der Waals surface area contributed by atoms with E-state index in [0.717, 1.165) is 12.1 Å². The molecule has 1 aliphatic heterocycles. The second kappa shape index (κ2) is 8.10. The molecule has 1 amide bonds. The van der Waals surface area contributed by atoms with Gasteiger partial charge in [0.2, 0.25) is 5.88 Å². The number of hydrogen-bond donors (Lipinski definition) is 1. The van der Waals surface area contributed by atoms with Crippen molar-refractivity contribution in [3.63, 3.8) is 0 Å². The van der Waals surface area contributed by atoms with Crippen molar-refractivity contribution in [2.75, 3.05) is 13.1 Å². The molecule has 0 spiro atoms. The van der Waals surface area contributed by atoms with E-state index >= 15 is 0 Å². The molecule has 1 saturated heterocycles. The number of benzene rings is 1. The zero-order valence-corrected chi connectivity index (χ0v) is 16.0. The quantitative estimate of drug-likeness (QED) is 0.630. The first-order chi connectivity index (χ1) is 14.7. The molecule has 0 aliphatic carbocycles. The first kappa shape index (κ1) is 21.0. The molecule has 1 aromatic carbocycles. The van der Waals surface area contributed by atoms with Gasteiger partial charge in [-0.3, -0.25) is 4.79 Å². The van der Waals surface area contributed by atoms with Gasteiger partial charge in [0.15, 0.2) is 0 Å². The number of ether oxygens (including phenoxy) is 1. The summed E-state index contributed by atoms with van der Waals surface area (Å²) < 4.78 is 56.8. The predicted octanol–water partition coefficient (Wildman–Crippen LogP) is 3.99. The second-order valence-corrected chi connectivity index (χ2v) is 7.16. The van der Waals surface area contributed by atoms with Gasteiger partial charge in [-0.15, -0.1) is 0 Å². The average Bonchev–Trinajstić information content (AvgIpc) is 2.74. The van der Waals surface area contributed by atoms with Gasteiger partial charge in [-0.1, -0.05) is 6.07 Å². The number of aliphatic hydroxyl groups is 1. The minimum atomic E-state index is -4.48. The van der Waals surface area contributed by atoms with Crippen molar-refractivity contribution >= 4 is 16.8 Å². The van der Waals surface area contributed by atoms with Crippen molar-refractivity contribution in [1.82, 2.24) is 14.9 Å². The topological polar surface area (TPSA) is 75.5 Å². The molecule has 1 aliphatic rings. The van der Waals surface area contributed by atoms with Gasteiger partial charge >= 0.3 is 6.18 Å². The molecule has 6 nitrogen and oxygen atoms in total. The zero-order chi connectivity index (χ0) is 22.2. The molecule has 0 saturated carbocycles. The van der Waals surface area contributed by atoms with Gasteiger partial charge in [-0.25, -0.2) is 14.4 Å². The summed E-state index contributed by atoms with van der Waals surface area (Å²) in [6.45, 7) is 0.107. The van der Waals surface area contributed by atoms with Crippen molar-refractivity contribution in [3.8, 4) is 11.6 Å². The summed E-state index contributed by atoms with van der Waals surface area (Å²) in [5.74, 6) is -0.0576. The number of amides is 1. The lowest BCUT2D eigenvalue weighted by molar-refractivity contribution is -0.137. The largest absolute Gasteiger partial charge is 0.439 e. The summed E-state index contributed by atoms with van der Waals surface area (Å²) in [6, 6.07) is 9.96. The summed E-state index contributed by atoms with van der Waals surface area (Å²) in [6.07, 6.45) is -6.27. The Balaban J connectivity index is 1.50. The maximum Gasteiger partial charge on any atom is 0.417 e. The number of likely N-dealkylation sites (tertiary alicyclic amines) is 1. The highest BCUT2D eigenvalue weighted by Gasteiger charge is 2.31. The van der Waals surface area contributed by atoms with Crippen LogP contribution in [-0.2, 0) is 6.18 Å². The molecule has 3 aromatic rings. The summed E-state index contributed by atoms with van der Waals surface area (Å²) in [7, 11) is 0. The lowest BCUT2D eigenvalue weighted by Crippen LogP contribution is -2.47. The molecule has 31 heavy (non-hydrogen) atoms. The average molecular weight is 435 g/mol. The Bertz CT molecular complexity index is 1110. The number of halogens is 4. The van der Waals surface area contributed by atoms with E-state index in [1.807, 2.05) is 0 Å².